The van der Waals surface area contributed by atoms with Crippen molar-refractivity contribution in [1.29, 1.82) is 0 Å². The van der Waals surface area contributed by atoms with Crippen molar-refractivity contribution in [3.8, 4) is 11.1 Å². The second-order valence-electron chi connectivity index (χ2n) is 10.3. The number of aromatic nitrogens is 3. The molecule has 0 bridgehead atoms. The molecule has 0 saturated carbocycles. The van der Waals surface area contributed by atoms with E-state index < -0.39 is 13.7 Å². The summed E-state index contributed by atoms with van der Waals surface area (Å²) < 4.78 is 8.12. The molecule has 3 heterocycles. The van der Waals surface area contributed by atoms with Gasteiger partial charge < -0.3 is 19.3 Å². The molecule has 0 aliphatic carbocycles. The Balaban J connectivity index is 1.72. The van der Waals surface area contributed by atoms with Crippen molar-refractivity contribution in [1.82, 2.24) is 14.5 Å². The Morgan fingerprint density at radius 1 is 1.19 bits per heavy atom. The van der Waals surface area contributed by atoms with Crippen LogP contribution in [0.2, 0.25) is 30.7 Å². The van der Waals surface area contributed by atoms with Crippen LogP contribution >= 0.6 is 11.6 Å². The van der Waals surface area contributed by atoms with E-state index >= 15 is 0 Å². The van der Waals surface area contributed by atoms with Gasteiger partial charge in [0.2, 0.25) is 0 Å². The van der Waals surface area contributed by atoms with Gasteiger partial charge in [0, 0.05) is 44.6 Å². The number of hydrogen-bond donors (Lipinski definition) is 1. The molecule has 0 spiro atoms. The number of fused-ring (bicyclic) bond motifs is 1. The van der Waals surface area contributed by atoms with Crippen LogP contribution < -0.4 is 4.90 Å². The van der Waals surface area contributed by atoms with Crippen molar-refractivity contribution in [2.45, 2.75) is 57.8 Å². The Morgan fingerprint density at radius 3 is 2.62 bits per heavy atom. The molecular weight excluding hydrogens is 440 g/mol. The molecule has 1 aromatic carbocycles. The third-order valence-electron chi connectivity index (χ3n) is 6.14. The lowest BCUT2D eigenvalue weighted by molar-refractivity contribution is 0.0350. The first-order valence-electron chi connectivity index (χ1n) is 11.3. The number of halogens is 1. The number of piperidine rings is 1. The van der Waals surface area contributed by atoms with E-state index in [-0.39, 0.29) is 0 Å². The van der Waals surface area contributed by atoms with Crippen LogP contribution in [0.25, 0.3) is 22.2 Å². The Labute approximate surface area is 196 Å². The Hall–Kier alpha value is -1.93. The van der Waals surface area contributed by atoms with Gasteiger partial charge in [0.05, 0.1) is 11.0 Å². The maximum absolute atomic E-state index is 10.4. The number of aliphatic hydroxyl groups is 1. The smallest absolute Gasteiger partial charge is 0.148 e. The normalized spacial score (nSPS) is 16.6. The van der Waals surface area contributed by atoms with Crippen molar-refractivity contribution in [2.75, 3.05) is 24.6 Å². The maximum Gasteiger partial charge on any atom is 0.148 e. The zero-order valence-corrected chi connectivity index (χ0v) is 21.2. The van der Waals surface area contributed by atoms with Crippen LogP contribution in [0, 0.1) is 0 Å². The first kappa shape index (κ1) is 23.2. The largest absolute Gasteiger partial charge is 0.390 e. The molecule has 8 heteroatoms. The summed E-state index contributed by atoms with van der Waals surface area (Å²) in [5, 5.41) is 12.1. The van der Waals surface area contributed by atoms with Crippen LogP contribution in [-0.4, -0.2) is 53.0 Å². The van der Waals surface area contributed by atoms with E-state index in [1.165, 1.54) is 0 Å². The number of ether oxygens (including phenoxy) is 1. The molecule has 6 nitrogen and oxygen atoms in total. The van der Waals surface area contributed by atoms with Gasteiger partial charge in [-0.15, -0.1) is 0 Å². The lowest BCUT2D eigenvalue weighted by atomic mass is 9.93. The summed E-state index contributed by atoms with van der Waals surface area (Å²) in [4.78, 5) is 11.6. The molecule has 3 aromatic rings. The van der Waals surface area contributed by atoms with E-state index in [9.17, 15) is 5.11 Å². The molecule has 1 saturated heterocycles. The van der Waals surface area contributed by atoms with Crippen LogP contribution in [-0.2, 0) is 11.5 Å². The van der Waals surface area contributed by atoms with Crippen LogP contribution in [0.15, 0.2) is 36.8 Å². The second kappa shape index (κ2) is 9.13. The zero-order chi connectivity index (χ0) is 22.9. The minimum atomic E-state index is -1.15. The fourth-order valence-electron chi connectivity index (χ4n) is 4.06. The lowest BCUT2D eigenvalue weighted by Gasteiger charge is -2.36. The van der Waals surface area contributed by atoms with Gasteiger partial charge in [0.15, 0.2) is 0 Å². The highest BCUT2D eigenvalue weighted by Crippen LogP contribution is 2.37. The van der Waals surface area contributed by atoms with Crippen LogP contribution in [0.1, 0.15) is 19.8 Å². The summed E-state index contributed by atoms with van der Waals surface area (Å²) in [6.07, 6.45) is 5.16. The number of benzene rings is 1. The van der Waals surface area contributed by atoms with Gasteiger partial charge in [0.1, 0.15) is 24.5 Å². The number of nitrogens with zero attached hydrogens (tertiary/aromatic N) is 4. The maximum atomic E-state index is 10.4. The quantitative estimate of drug-likeness (QED) is 0.367. The highest BCUT2D eigenvalue weighted by Gasteiger charge is 2.30. The SMILES string of the molecule is CC1(O)CCN(c2ncnc3c2c(-c2cccc(Cl)c2)cn3COCC[Si](C)(C)C)CC1. The molecule has 0 radical (unpaired) electrons. The molecule has 32 heavy (non-hydrogen) atoms. The second-order valence-corrected chi connectivity index (χ2v) is 16.3. The van der Waals surface area contributed by atoms with Crippen LogP contribution in [0.3, 0.4) is 0 Å². The Kier molecular flexibility index (Phi) is 6.63. The predicted molar refractivity (Wildman–Crippen MR) is 134 cm³/mol. The highest BCUT2D eigenvalue weighted by atomic mass is 35.5. The highest BCUT2D eigenvalue weighted by molar-refractivity contribution is 6.76. The number of rotatable bonds is 7. The summed E-state index contributed by atoms with van der Waals surface area (Å²) in [6.45, 7) is 11.7. The fourth-order valence-corrected chi connectivity index (χ4v) is 5.01. The van der Waals surface area contributed by atoms with E-state index in [1.807, 2.05) is 25.1 Å². The monoisotopic (exact) mass is 472 g/mol. The van der Waals surface area contributed by atoms with Gasteiger partial charge in [-0.3, -0.25) is 0 Å². The summed E-state index contributed by atoms with van der Waals surface area (Å²) in [5.74, 6) is 0.904. The fraction of sp³-hybridized carbons (Fsp3) is 0.500. The minimum Gasteiger partial charge on any atom is -0.390 e. The first-order chi connectivity index (χ1) is 15.1. The summed E-state index contributed by atoms with van der Waals surface area (Å²) >= 11 is 6.32. The summed E-state index contributed by atoms with van der Waals surface area (Å²) in [5.41, 5.74) is 2.32. The van der Waals surface area contributed by atoms with Gasteiger partial charge in [-0.05, 0) is 43.5 Å². The van der Waals surface area contributed by atoms with Crippen molar-refractivity contribution >= 4 is 36.5 Å². The van der Waals surface area contributed by atoms with E-state index in [0.717, 1.165) is 53.7 Å². The lowest BCUT2D eigenvalue weighted by Crippen LogP contribution is -2.42. The predicted octanol–water partition coefficient (Wildman–Crippen LogP) is 5.42. The van der Waals surface area contributed by atoms with E-state index in [4.69, 9.17) is 16.3 Å². The van der Waals surface area contributed by atoms with E-state index in [2.05, 4.69) is 51.3 Å². The topological polar surface area (TPSA) is 63.4 Å². The molecule has 0 unspecified atom stereocenters. The molecule has 1 fully saturated rings. The third kappa shape index (κ3) is 5.34. The van der Waals surface area contributed by atoms with Crippen molar-refractivity contribution in [3.05, 3.63) is 41.8 Å². The molecular formula is C24H33ClN4O2Si. The van der Waals surface area contributed by atoms with Crippen molar-refractivity contribution in [2.24, 2.45) is 0 Å². The zero-order valence-electron chi connectivity index (χ0n) is 19.4. The van der Waals surface area contributed by atoms with E-state index in [1.54, 1.807) is 6.33 Å². The molecule has 1 aliphatic rings. The van der Waals surface area contributed by atoms with Crippen LogP contribution in [0.5, 0.6) is 0 Å². The molecule has 0 amide bonds. The van der Waals surface area contributed by atoms with Gasteiger partial charge in [-0.25, -0.2) is 9.97 Å². The summed E-state index contributed by atoms with van der Waals surface area (Å²) in [7, 11) is -1.15. The number of hydrogen-bond acceptors (Lipinski definition) is 5. The molecule has 2 aromatic heterocycles. The van der Waals surface area contributed by atoms with Gasteiger partial charge in [0.25, 0.3) is 0 Å². The standard InChI is InChI=1S/C24H33ClN4O2Si/c1-24(30)8-10-28(11-9-24)22-21-20(18-6-5-7-19(25)14-18)15-29(23(21)27-16-26-22)17-31-12-13-32(2,3)4/h5-7,14-16,30H,8-13,17H2,1-4H3. The summed E-state index contributed by atoms with van der Waals surface area (Å²) in [6, 6.07) is 9.02. The van der Waals surface area contributed by atoms with E-state index in [0.29, 0.717) is 24.6 Å². The average Bonchev–Trinajstić information content (AvgIpc) is 3.10. The van der Waals surface area contributed by atoms with Gasteiger partial charge >= 0.3 is 0 Å². The van der Waals surface area contributed by atoms with Gasteiger partial charge in [-0.2, -0.15) is 0 Å². The van der Waals surface area contributed by atoms with Crippen molar-refractivity contribution in [3.63, 3.8) is 0 Å². The van der Waals surface area contributed by atoms with Crippen LogP contribution in [0.4, 0.5) is 5.82 Å². The Morgan fingerprint density at radius 2 is 1.94 bits per heavy atom. The molecule has 4 rings (SSSR count). The Bertz CT molecular complexity index is 1080. The molecule has 172 valence electrons. The van der Waals surface area contributed by atoms with Gasteiger partial charge in [-0.1, -0.05) is 43.4 Å². The molecule has 1 aliphatic heterocycles. The minimum absolute atomic E-state index is 0.451. The molecule has 1 N–H and O–H groups in total. The van der Waals surface area contributed by atoms with Crippen molar-refractivity contribution < 1.29 is 9.84 Å². The average molecular weight is 473 g/mol. The number of anilines is 1. The first-order valence-corrected chi connectivity index (χ1v) is 15.4. The third-order valence-corrected chi connectivity index (χ3v) is 8.08. The molecule has 0 atom stereocenters.